The van der Waals surface area contributed by atoms with E-state index in [1.807, 2.05) is 6.92 Å². The zero-order valence-corrected chi connectivity index (χ0v) is 13.4. The summed E-state index contributed by atoms with van der Waals surface area (Å²) in [7, 11) is 0. The van der Waals surface area contributed by atoms with Gasteiger partial charge in [-0.15, -0.1) is 24.8 Å². The first-order chi connectivity index (χ1) is 8.96. The van der Waals surface area contributed by atoms with Gasteiger partial charge in [0.2, 0.25) is 0 Å². The standard InChI is InChI=1S/C13H19F3N2O.2ClH/c1-10-2-3-12(19-10)11(4-5-13(14,15)16)18-8-6-17-7-9-18;;/h2-3,11,17H,4-9H2,1H3;2*1H/t11-;;/m0../s1. The highest BCUT2D eigenvalue weighted by Gasteiger charge is 2.32. The van der Waals surface area contributed by atoms with Crippen LogP contribution in [0.1, 0.15) is 30.4 Å². The average molecular weight is 349 g/mol. The predicted octanol–water partition coefficient (Wildman–Crippen LogP) is 3.72. The van der Waals surface area contributed by atoms with E-state index in [0.29, 0.717) is 5.76 Å². The van der Waals surface area contributed by atoms with Crippen LogP contribution in [0.25, 0.3) is 0 Å². The Balaban J connectivity index is 0.00000200. The van der Waals surface area contributed by atoms with E-state index >= 15 is 0 Å². The van der Waals surface area contributed by atoms with Crippen LogP contribution in [-0.2, 0) is 0 Å². The first kappa shape index (κ1) is 20.6. The molecule has 1 atom stereocenters. The second-order valence-electron chi connectivity index (χ2n) is 4.90. The highest BCUT2D eigenvalue weighted by molar-refractivity contribution is 5.85. The molecule has 1 saturated heterocycles. The number of nitrogens with one attached hydrogen (secondary N) is 1. The van der Waals surface area contributed by atoms with Crippen LogP contribution in [0, 0.1) is 6.92 Å². The number of halogens is 5. The second kappa shape index (κ2) is 8.88. The van der Waals surface area contributed by atoms with Gasteiger partial charge in [-0.05, 0) is 25.5 Å². The maximum absolute atomic E-state index is 12.4. The first-order valence-electron chi connectivity index (χ1n) is 6.53. The van der Waals surface area contributed by atoms with E-state index in [4.69, 9.17) is 4.42 Å². The molecule has 0 spiro atoms. The lowest BCUT2D eigenvalue weighted by atomic mass is 10.1. The largest absolute Gasteiger partial charge is 0.465 e. The number of nitrogens with zero attached hydrogens (tertiary/aromatic N) is 1. The molecule has 8 heteroatoms. The minimum atomic E-state index is -4.12. The minimum Gasteiger partial charge on any atom is -0.465 e. The number of hydrogen-bond donors (Lipinski definition) is 1. The molecule has 2 rings (SSSR count). The molecule has 0 aromatic carbocycles. The molecule has 1 N–H and O–H groups in total. The van der Waals surface area contributed by atoms with Crippen LogP contribution in [-0.4, -0.2) is 37.3 Å². The van der Waals surface area contributed by atoms with Gasteiger partial charge in [0.05, 0.1) is 6.04 Å². The molecular formula is C13H21Cl2F3N2O. The van der Waals surface area contributed by atoms with E-state index in [0.717, 1.165) is 31.9 Å². The van der Waals surface area contributed by atoms with Crippen molar-refractivity contribution in [3.63, 3.8) is 0 Å². The van der Waals surface area contributed by atoms with Gasteiger partial charge in [0.1, 0.15) is 11.5 Å². The van der Waals surface area contributed by atoms with Gasteiger partial charge >= 0.3 is 6.18 Å². The van der Waals surface area contributed by atoms with Crippen LogP contribution in [0.2, 0.25) is 0 Å². The van der Waals surface area contributed by atoms with E-state index in [1.54, 1.807) is 12.1 Å². The molecule has 124 valence electrons. The molecule has 0 aliphatic carbocycles. The van der Waals surface area contributed by atoms with Gasteiger partial charge in [-0.1, -0.05) is 0 Å². The molecule has 0 saturated carbocycles. The maximum Gasteiger partial charge on any atom is 0.389 e. The van der Waals surface area contributed by atoms with Crippen molar-refractivity contribution >= 4 is 24.8 Å². The fourth-order valence-electron chi connectivity index (χ4n) is 2.43. The Hall–Kier alpha value is -0.430. The third-order valence-corrected chi connectivity index (χ3v) is 3.38. The molecule has 0 radical (unpaired) electrons. The summed E-state index contributed by atoms with van der Waals surface area (Å²) in [6, 6.07) is 3.31. The zero-order valence-electron chi connectivity index (χ0n) is 11.8. The Kier molecular flexibility index (Phi) is 8.70. The molecular weight excluding hydrogens is 328 g/mol. The van der Waals surface area contributed by atoms with Crippen molar-refractivity contribution in [3.8, 4) is 0 Å². The molecule has 1 aliphatic rings. The van der Waals surface area contributed by atoms with Gasteiger partial charge in [-0.3, -0.25) is 4.90 Å². The fourth-order valence-corrected chi connectivity index (χ4v) is 2.43. The van der Waals surface area contributed by atoms with Crippen molar-refractivity contribution in [2.75, 3.05) is 26.2 Å². The number of alkyl halides is 3. The highest BCUT2D eigenvalue weighted by atomic mass is 35.5. The number of furan rings is 1. The van der Waals surface area contributed by atoms with Crippen LogP contribution >= 0.6 is 24.8 Å². The minimum absolute atomic E-state index is 0. The van der Waals surface area contributed by atoms with E-state index in [9.17, 15) is 13.2 Å². The van der Waals surface area contributed by atoms with Crippen molar-refractivity contribution < 1.29 is 17.6 Å². The summed E-state index contributed by atoms with van der Waals surface area (Å²) < 4.78 is 42.9. The van der Waals surface area contributed by atoms with Crippen molar-refractivity contribution in [1.29, 1.82) is 0 Å². The first-order valence-corrected chi connectivity index (χ1v) is 6.53. The Morgan fingerprint density at radius 3 is 2.33 bits per heavy atom. The highest BCUT2D eigenvalue weighted by Crippen LogP contribution is 2.32. The van der Waals surface area contributed by atoms with E-state index in [2.05, 4.69) is 10.2 Å². The summed E-state index contributed by atoms with van der Waals surface area (Å²) in [5.74, 6) is 1.38. The Morgan fingerprint density at radius 1 is 1.24 bits per heavy atom. The molecule has 0 unspecified atom stereocenters. The zero-order chi connectivity index (χ0) is 13.9. The van der Waals surface area contributed by atoms with Crippen molar-refractivity contribution in [3.05, 3.63) is 23.7 Å². The maximum atomic E-state index is 12.4. The summed E-state index contributed by atoms with van der Waals surface area (Å²) in [5.41, 5.74) is 0. The summed E-state index contributed by atoms with van der Waals surface area (Å²) in [4.78, 5) is 2.07. The number of rotatable bonds is 4. The molecule has 2 heterocycles. The van der Waals surface area contributed by atoms with Crippen molar-refractivity contribution in [1.82, 2.24) is 10.2 Å². The van der Waals surface area contributed by atoms with Crippen LogP contribution < -0.4 is 5.32 Å². The average Bonchev–Trinajstić information content (AvgIpc) is 2.76. The lowest BCUT2D eigenvalue weighted by Crippen LogP contribution is -2.45. The van der Waals surface area contributed by atoms with Crippen molar-refractivity contribution in [2.24, 2.45) is 0 Å². The summed E-state index contributed by atoms with van der Waals surface area (Å²) >= 11 is 0. The molecule has 0 bridgehead atoms. The third-order valence-electron chi connectivity index (χ3n) is 3.38. The van der Waals surface area contributed by atoms with Gasteiger partial charge in [0, 0.05) is 32.6 Å². The van der Waals surface area contributed by atoms with E-state index < -0.39 is 12.6 Å². The smallest absolute Gasteiger partial charge is 0.389 e. The second-order valence-corrected chi connectivity index (χ2v) is 4.90. The Bertz CT molecular complexity index is 406. The van der Waals surface area contributed by atoms with Gasteiger partial charge < -0.3 is 9.73 Å². The Labute approximate surface area is 135 Å². The lowest BCUT2D eigenvalue weighted by molar-refractivity contribution is -0.138. The van der Waals surface area contributed by atoms with Gasteiger partial charge in [-0.25, -0.2) is 0 Å². The molecule has 1 aliphatic heterocycles. The Morgan fingerprint density at radius 2 is 1.86 bits per heavy atom. The lowest BCUT2D eigenvalue weighted by Gasteiger charge is -2.34. The van der Waals surface area contributed by atoms with E-state index in [1.165, 1.54) is 0 Å². The summed E-state index contributed by atoms with van der Waals surface area (Å²) in [5, 5.41) is 3.20. The number of hydrogen-bond acceptors (Lipinski definition) is 3. The topological polar surface area (TPSA) is 28.4 Å². The van der Waals surface area contributed by atoms with Crippen LogP contribution in [0.5, 0.6) is 0 Å². The van der Waals surface area contributed by atoms with Gasteiger partial charge in [0.15, 0.2) is 0 Å². The molecule has 21 heavy (non-hydrogen) atoms. The van der Waals surface area contributed by atoms with Crippen molar-refractivity contribution in [2.45, 2.75) is 32.0 Å². The molecule has 1 aromatic heterocycles. The van der Waals surface area contributed by atoms with Crippen LogP contribution in [0.4, 0.5) is 13.2 Å². The van der Waals surface area contributed by atoms with E-state index in [-0.39, 0.29) is 37.3 Å². The molecule has 1 fully saturated rings. The number of piperazine rings is 1. The SMILES string of the molecule is Cc1ccc([C@H](CCC(F)(F)F)N2CCNCC2)o1.Cl.Cl. The molecule has 0 amide bonds. The van der Waals surface area contributed by atoms with Crippen LogP contribution in [0.3, 0.4) is 0 Å². The predicted molar refractivity (Wildman–Crippen MR) is 80.4 cm³/mol. The summed E-state index contributed by atoms with van der Waals surface area (Å²) in [6.45, 7) is 4.93. The number of aryl methyl sites for hydroxylation is 1. The monoisotopic (exact) mass is 348 g/mol. The third kappa shape index (κ3) is 6.46. The normalized spacial score (nSPS) is 17.7. The van der Waals surface area contributed by atoms with Gasteiger partial charge in [0.25, 0.3) is 0 Å². The molecule has 1 aromatic rings. The summed E-state index contributed by atoms with van der Waals surface area (Å²) in [6.07, 6.45) is -4.84. The van der Waals surface area contributed by atoms with Gasteiger partial charge in [-0.2, -0.15) is 13.2 Å². The molecule has 3 nitrogen and oxygen atoms in total. The van der Waals surface area contributed by atoms with Crippen LogP contribution in [0.15, 0.2) is 16.5 Å². The fraction of sp³-hybridized carbons (Fsp3) is 0.692. The quantitative estimate of drug-likeness (QED) is 0.898.